The summed E-state index contributed by atoms with van der Waals surface area (Å²) in [5.74, 6) is 0.159. The Morgan fingerprint density at radius 3 is 2.24 bits per heavy atom. The Balaban J connectivity index is 2.09. The van der Waals surface area contributed by atoms with E-state index >= 15 is 0 Å². The zero-order chi connectivity index (χ0) is 15.3. The van der Waals surface area contributed by atoms with E-state index in [1.54, 1.807) is 18.2 Å². The van der Waals surface area contributed by atoms with Crippen LogP contribution in [-0.4, -0.2) is 6.18 Å². The molecule has 116 valence electrons. The lowest BCUT2D eigenvalue weighted by molar-refractivity contribution is -0.264. The van der Waals surface area contributed by atoms with Crippen LogP contribution in [0.25, 0.3) is 0 Å². The maximum Gasteiger partial charge on any atom is 0.431 e. The van der Waals surface area contributed by atoms with Gasteiger partial charge < -0.3 is 4.74 Å². The third kappa shape index (κ3) is 2.31. The van der Waals surface area contributed by atoms with Crippen LogP contribution in [0.3, 0.4) is 0 Å². The number of fused-ring (bicyclic) bond motifs is 1. The highest BCUT2D eigenvalue weighted by Crippen LogP contribution is 2.61. The highest BCUT2D eigenvalue weighted by Gasteiger charge is 2.65. The normalized spacial score (nSPS) is 34.0. The lowest BCUT2D eigenvalue weighted by Crippen LogP contribution is -2.41. The Morgan fingerprint density at radius 2 is 1.67 bits per heavy atom. The number of rotatable bonds is 1. The van der Waals surface area contributed by atoms with Crippen molar-refractivity contribution in [2.24, 2.45) is 5.92 Å². The number of hydrogen-bond acceptors (Lipinski definition) is 1. The maximum absolute atomic E-state index is 13.6. The average molecular weight is 410 g/mol. The third-order valence-electron chi connectivity index (χ3n) is 4.91. The molecule has 1 aliphatic carbocycles. The summed E-state index contributed by atoms with van der Waals surface area (Å²) in [6, 6.07) is 6.83. The van der Waals surface area contributed by atoms with Crippen LogP contribution < -0.4 is 0 Å². The van der Waals surface area contributed by atoms with Crippen molar-refractivity contribution in [1.82, 2.24) is 0 Å². The van der Waals surface area contributed by atoms with Crippen molar-refractivity contribution in [2.45, 2.75) is 54.4 Å². The fourth-order valence-corrected chi connectivity index (χ4v) is 4.69. The molecule has 1 fully saturated rings. The standard InChI is InChI=1S/C16H18F3IO/c1-14(11-7-3-2-4-8-11)12-9-5-6-10-13(12)15(20,21-14)16(17,18)19/h5-6,9-11H,2-4,7-8H2,1H3. The molecule has 0 spiro atoms. The van der Waals surface area contributed by atoms with Crippen LogP contribution >= 0.6 is 22.6 Å². The predicted molar refractivity (Wildman–Crippen MR) is 83.2 cm³/mol. The molecule has 1 nitrogen and oxygen atoms in total. The van der Waals surface area contributed by atoms with Crippen LogP contribution in [0, 0.1) is 5.92 Å². The second kappa shape index (κ2) is 5.11. The zero-order valence-electron chi connectivity index (χ0n) is 11.8. The first-order valence-corrected chi connectivity index (χ1v) is 8.43. The van der Waals surface area contributed by atoms with Crippen LogP contribution in [0.15, 0.2) is 24.3 Å². The molecular formula is C16H18F3IO. The summed E-state index contributed by atoms with van der Waals surface area (Å²) in [5.41, 5.74) is 0.142. The molecule has 0 saturated heterocycles. The van der Waals surface area contributed by atoms with Crippen molar-refractivity contribution in [3.8, 4) is 0 Å². The van der Waals surface area contributed by atoms with E-state index in [1.807, 2.05) is 13.0 Å². The topological polar surface area (TPSA) is 9.23 Å². The molecule has 2 aliphatic rings. The van der Waals surface area contributed by atoms with Gasteiger partial charge in [-0.15, -0.1) is 0 Å². The summed E-state index contributed by atoms with van der Waals surface area (Å²) in [7, 11) is 0. The van der Waals surface area contributed by atoms with Gasteiger partial charge in [-0.05, 0) is 53.8 Å². The van der Waals surface area contributed by atoms with Gasteiger partial charge in [0.05, 0.1) is 5.60 Å². The van der Waals surface area contributed by atoms with Crippen LogP contribution in [0.2, 0.25) is 0 Å². The minimum atomic E-state index is -4.42. The highest BCUT2D eigenvalue weighted by molar-refractivity contribution is 14.1. The van der Waals surface area contributed by atoms with Crippen molar-refractivity contribution in [1.29, 1.82) is 0 Å². The number of ether oxygens (including phenoxy) is 1. The van der Waals surface area contributed by atoms with Gasteiger partial charge in [-0.2, -0.15) is 13.2 Å². The smallest absolute Gasteiger partial charge is 0.340 e. The fourth-order valence-electron chi connectivity index (χ4n) is 3.77. The zero-order valence-corrected chi connectivity index (χ0v) is 14.0. The second-order valence-electron chi connectivity index (χ2n) is 6.18. The van der Waals surface area contributed by atoms with Gasteiger partial charge in [0.15, 0.2) is 0 Å². The van der Waals surface area contributed by atoms with Gasteiger partial charge in [-0.1, -0.05) is 43.5 Å². The van der Waals surface area contributed by atoms with Crippen LogP contribution in [-0.2, 0) is 13.9 Å². The van der Waals surface area contributed by atoms with Crippen molar-refractivity contribution in [2.75, 3.05) is 0 Å². The van der Waals surface area contributed by atoms with Crippen molar-refractivity contribution in [3.05, 3.63) is 35.4 Å². The first-order chi connectivity index (χ1) is 9.79. The van der Waals surface area contributed by atoms with Crippen molar-refractivity contribution in [3.63, 3.8) is 0 Å². The minimum absolute atomic E-state index is 0.159. The molecule has 1 saturated carbocycles. The van der Waals surface area contributed by atoms with Crippen molar-refractivity contribution < 1.29 is 17.9 Å². The molecule has 21 heavy (non-hydrogen) atoms. The quantitative estimate of drug-likeness (QED) is 0.429. The van der Waals surface area contributed by atoms with E-state index in [1.165, 1.54) is 29.0 Å². The van der Waals surface area contributed by atoms with E-state index < -0.39 is 15.4 Å². The van der Waals surface area contributed by atoms with Crippen molar-refractivity contribution >= 4 is 22.6 Å². The van der Waals surface area contributed by atoms with E-state index in [2.05, 4.69) is 0 Å². The number of benzene rings is 1. The lowest BCUT2D eigenvalue weighted by Gasteiger charge is -2.39. The molecule has 1 aliphatic heterocycles. The summed E-state index contributed by atoms with van der Waals surface area (Å²) in [6.45, 7) is 1.84. The molecule has 1 aromatic carbocycles. The summed E-state index contributed by atoms with van der Waals surface area (Å²) in [6.07, 6.45) is 0.780. The Kier molecular flexibility index (Phi) is 3.80. The number of halogens is 4. The first-order valence-electron chi connectivity index (χ1n) is 7.35. The van der Waals surface area contributed by atoms with E-state index in [9.17, 15) is 13.2 Å². The molecule has 5 heteroatoms. The van der Waals surface area contributed by atoms with Gasteiger partial charge in [0.2, 0.25) is 3.61 Å². The van der Waals surface area contributed by atoms with Gasteiger partial charge in [0.1, 0.15) is 0 Å². The van der Waals surface area contributed by atoms with E-state index in [0.717, 1.165) is 25.7 Å². The molecule has 0 amide bonds. The molecule has 0 radical (unpaired) electrons. The molecule has 1 aromatic rings. The van der Waals surface area contributed by atoms with E-state index in [4.69, 9.17) is 4.74 Å². The SMILES string of the molecule is CC1(C2CCCCC2)OC(I)(C(F)(F)F)c2ccccc21. The Morgan fingerprint density at radius 1 is 1.10 bits per heavy atom. The largest absolute Gasteiger partial charge is 0.431 e. The molecule has 0 aromatic heterocycles. The van der Waals surface area contributed by atoms with Crippen LogP contribution in [0.4, 0.5) is 13.2 Å². The average Bonchev–Trinajstić information content (AvgIpc) is 2.71. The van der Waals surface area contributed by atoms with Crippen LogP contribution in [0.1, 0.15) is 50.2 Å². The van der Waals surface area contributed by atoms with E-state index in [0.29, 0.717) is 5.56 Å². The number of alkyl halides is 4. The molecule has 3 rings (SSSR count). The van der Waals surface area contributed by atoms with Gasteiger partial charge in [0, 0.05) is 5.56 Å². The summed E-state index contributed by atoms with van der Waals surface area (Å²) in [5, 5.41) is 0. The first kappa shape index (κ1) is 15.6. The number of hydrogen-bond donors (Lipinski definition) is 0. The molecule has 2 unspecified atom stereocenters. The monoisotopic (exact) mass is 410 g/mol. The minimum Gasteiger partial charge on any atom is -0.340 e. The van der Waals surface area contributed by atoms with Crippen LogP contribution in [0.5, 0.6) is 0 Å². The molecule has 0 N–H and O–H groups in total. The van der Waals surface area contributed by atoms with Gasteiger partial charge in [-0.25, -0.2) is 0 Å². The molecule has 1 heterocycles. The van der Waals surface area contributed by atoms with Gasteiger partial charge >= 0.3 is 6.18 Å². The fraction of sp³-hybridized carbons (Fsp3) is 0.625. The predicted octanol–water partition coefficient (Wildman–Crippen LogP) is 5.66. The summed E-state index contributed by atoms with van der Waals surface area (Å²) < 4.78 is 44.3. The summed E-state index contributed by atoms with van der Waals surface area (Å²) in [4.78, 5) is 0. The Bertz CT molecular complexity index is 539. The maximum atomic E-state index is 13.6. The second-order valence-corrected chi connectivity index (χ2v) is 7.70. The molecule has 0 bridgehead atoms. The summed E-state index contributed by atoms with van der Waals surface area (Å²) >= 11 is 1.44. The van der Waals surface area contributed by atoms with E-state index in [-0.39, 0.29) is 11.5 Å². The van der Waals surface area contributed by atoms with Gasteiger partial charge in [-0.3, -0.25) is 0 Å². The molecule has 2 atom stereocenters. The lowest BCUT2D eigenvalue weighted by atomic mass is 9.74. The van der Waals surface area contributed by atoms with Gasteiger partial charge in [0.25, 0.3) is 0 Å². The Hall–Kier alpha value is -0.300. The molecular weight excluding hydrogens is 392 g/mol. The highest BCUT2D eigenvalue weighted by atomic mass is 127. The third-order valence-corrected chi connectivity index (χ3v) is 6.32. The Labute approximate surface area is 136 Å².